The number of benzene rings is 1. The SMILES string of the molecule is Cl.Cl.c1cc(-c2ccc(N3CCNCC3)cc2)[nH]n1. The van der Waals surface area contributed by atoms with Gasteiger partial charge in [0.05, 0.1) is 5.69 Å². The molecule has 1 fully saturated rings. The third-order valence-electron chi connectivity index (χ3n) is 3.16. The maximum absolute atomic E-state index is 3.97. The molecule has 1 saturated heterocycles. The van der Waals surface area contributed by atoms with Crippen molar-refractivity contribution in [2.75, 3.05) is 31.1 Å². The van der Waals surface area contributed by atoms with E-state index in [0.29, 0.717) is 0 Å². The molecule has 0 amide bonds. The highest BCUT2D eigenvalue weighted by molar-refractivity contribution is 5.85. The lowest BCUT2D eigenvalue weighted by Crippen LogP contribution is -2.43. The van der Waals surface area contributed by atoms with Crippen molar-refractivity contribution in [1.82, 2.24) is 15.5 Å². The summed E-state index contributed by atoms with van der Waals surface area (Å²) in [6, 6.07) is 10.6. The summed E-state index contributed by atoms with van der Waals surface area (Å²) in [5.74, 6) is 0. The van der Waals surface area contributed by atoms with Gasteiger partial charge in [-0.2, -0.15) is 5.10 Å². The van der Waals surface area contributed by atoms with Crippen molar-refractivity contribution in [3.63, 3.8) is 0 Å². The van der Waals surface area contributed by atoms with Gasteiger partial charge < -0.3 is 10.2 Å². The van der Waals surface area contributed by atoms with E-state index in [1.807, 2.05) is 6.07 Å². The van der Waals surface area contributed by atoms with E-state index in [1.165, 1.54) is 11.3 Å². The Morgan fingerprint density at radius 2 is 1.63 bits per heavy atom. The molecule has 104 valence electrons. The van der Waals surface area contributed by atoms with E-state index in [0.717, 1.165) is 31.9 Å². The lowest BCUT2D eigenvalue weighted by atomic mass is 10.1. The zero-order valence-electron chi connectivity index (χ0n) is 10.5. The fourth-order valence-electron chi connectivity index (χ4n) is 2.19. The average Bonchev–Trinajstić information content (AvgIpc) is 2.94. The first-order valence-corrected chi connectivity index (χ1v) is 5.99. The summed E-state index contributed by atoms with van der Waals surface area (Å²) in [6.07, 6.45) is 1.78. The lowest BCUT2D eigenvalue weighted by molar-refractivity contribution is 0.589. The minimum atomic E-state index is 0. The van der Waals surface area contributed by atoms with Gasteiger partial charge in [-0.1, -0.05) is 12.1 Å². The molecule has 0 saturated carbocycles. The quantitative estimate of drug-likeness (QED) is 0.895. The molecule has 3 rings (SSSR count). The minimum Gasteiger partial charge on any atom is -0.369 e. The Morgan fingerprint density at radius 1 is 0.947 bits per heavy atom. The Hall–Kier alpha value is -1.23. The molecule has 0 unspecified atom stereocenters. The van der Waals surface area contributed by atoms with Crippen LogP contribution in [0.4, 0.5) is 5.69 Å². The van der Waals surface area contributed by atoms with Gasteiger partial charge in [0.15, 0.2) is 0 Å². The number of nitrogens with one attached hydrogen (secondary N) is 2. The number of piperazine rings is 1. The predicted molar refractivity (Wildman–Crippen MR) is 83.6 cm³/mol. The van der Waals surface area contributed by atoms with Gasteiger partial charge in [-0.15, -0.1) is 24.8 Å². The molecule has 6 heteroatoms. The van der Waals surface area contributed by atoms with Crippen LogP contribution in [0.1, 0.15) is 0 Å². The van der Waals surface area contributed by atoms with Crippen LogP contribution in [-0.4, -0.2) is 36.4 Å². The van der Waals surface area contributed by atoms with E-state index >= 15 is 0 Å². The topological polar surface area (TPSA) is 44.0 Å². The predicted octanol–water partition coefficient (Wildman–Crippen LogP) is 2.33. The highest BCUT2D eigenvalue weighted by atomic mass is 35.5. The second-order valence-electron chi connectivity index (χ2n) is 4.25. The van der Waals surface area contributed by atoms with Crippen LogP contribution in [0, 0.1) is 0 Å². The highest BCUT2D eigenvalue weighted by Gasteiger charge is 2.10. The fourth-order valence-corrected chi connectivity index (χ4v) is 2.19. The van der Waals surface area contributed by atoms with E-state index in [9.17, 15) is 0 Å². The van der Waals surface area contributed by atoms with Crippen LogP contribution >= 0.6 is 24.8 Å². The third kappa shape index (κ3) is 3.62. The molecular formula is C13H18Cl2N4. The van der Waals surface area contributed by atoms with Crippen LogP contribution < -0.4 is 10.2 Å². The first-order valence-electron chi connectivity index (χ1n) is 5.99. The van der Waals surface area contributed by atoms with E-state index in [2.05, 4.69) is 44.7 Å². The van der Waals surface area contributed by atoms with Crippen molar-refractivity contribution < 1.29 is 0 Å². The summed E-state index contributed by atoms with van der Waals surface area (Å²) in [5.41, 5.74) is 3.55. The molecule has 1 aliphatic heterocycles. The molecule has 0 aliphatic carbocycles. The van der Waals surface area contributed by atoms with Crippen molar-refractivity contribution in [2.24, 2.45) is 0 Å². The molecule has 1 aromatic carbocycles. The summed E-state index contributed by atoms with van der Waals surface area (Å²) < 4.78 is 0. The summed E-state index contributed by atoms with van der Waals surface area (Å²) in [4.78, 5) is 2.41. The molecule has 1 aliphatic rings. The Labute approximate surface area is 125 Å². The average molecular weight is 301 g/mol. The number of nitrogens with zero attached hydrogens (tertiary/aromatic N) is 2. The van der Waals surface area contributed by atoms with Crippen LogP contribution in [0.5, 0.6) is 0 Å². The molecule has 0 spiro atoms. The zero-order valence-corrected chi connectivity index (χ0v) is 12.1. The fraction of sp³-hybridized carbons (Fsp3) is 0.308. The normalized spacial score (nSPS) is 14.4. The number of aromatic amines is 1. The molecule has 0 bridgehead atoms. The molecule has 2 heterocycles. The molecule has 2 N–H and O–H groups in total. The van der Waals surface area contributed by atoms with Gasteiger partial charge in [0.2, 0.25) is 0 Å². The second-order valence-corrected chi connectivity index (χ2v) is 4.25. The Morgan fingerprint density at radius 3 is 2.21 bits per heavy atom. The van der Waals surface area contributed by atoms with Gasteiger partial charge in [-0.25, -0.2) is 0 Å². The number of rotatable bonds is 2. The number of hydrogen-bond acceptors (Lipinski definition) is 3. The van der Waals surface area contributed by atoms with Gasteiger partial charge >= 0.3 is 0 Å². The summed E-state index contributed by atoms with van der Waals surface area (Å²) in [6.45, 7) is 4.32. The molecule has 4 nitrogen and oxygen atoms in total. The summed E-state index contributed by atoms with van der Waals surface area (Å²) in [7, 11) is 0. The maximum atomic E-state index is 3.97. The number of anilines is 1. The Balaban J connectivity index is 0.000000902. The van der Waals surface area contributed by atoms with Crippen LogP contribution in [0.2, 0.25) is 0 Å². The zero-order chi connectivity index (χ0) is 11.5. The molecule has 2 aromatic rings. The van der Waals surface area contributed by atoms with Crippen molar-refractivity contribution in [2.45, 2.75) is 0 Å². The van der Waals surface area contributed by atoms with E-state index in [-0.39, 0.29) is 24.8 Å². The largest absolute Gasteiger partial charge is 0.369 e. The number of H-pyrrole nitrogens is 1. The van der Waals surface area contributed by atoms with Gasteiger partial charge in [-0.05, 0) is 23.8 Å². The minimum absolute atomic E-state index is 0. The summed E-state index contributed by atoms with van der Waals surface area (Å²) >= 11 is 0. The third-order valence-corrected chi connectivity index (χ3v) is 3.16. The van der Waals surface area contributed by atoms with Crippen LogP contribution in [0.3, 0.4) is 0 Å². The van der Waals surface area contributed by atoms with Crippen molar-refractivity contribution in [3.8, 4) is 11.3 Å². The lowest BCUT2D eigenvalue weighted by Gasteiger charge is -2.29. The van der Waals surface area contributed by atoms with Gasteiger partial charge in [0.25, 0.3) is 0 Å². The van der Waals surface area contributed by atoms with Crippen molar-refractivity contribution in [1.29, 1.82) is 0 Å². The van der Waals surface area contributed by atoms with Gasteiger partial charge in [0.1, 0.15) is 0 Å². The maximum Gasteiger partial charge on any atom is 0.0650 e. The standard InChI is InChI=1S/C13H16N4.2ClH/c1-3-12(17-9-7-14-8-10-17)4-2-11(1)13-5-6-15-16-13;;/h1-6,14H,7-10H2,(H,15,16);2*1H. The van der Waals surface area contributed by atoms with Crippen molar-refractivity contribution in [3.05, 3.63) is 36.5 Å². The monoisotopic (exact) mass is 300 g/mol. The first kappa shape index (κ1) is 15.8. The second kappa shape index (κ2) is 7.38. The van der Waals surface area contributed by atoms with E-state index in [1.54, 1.807) is 6.20 Å². The van der Waals surface area contributed by atoms with Crippen LogP contribution in [0.25, 0.3) is 11.3 Å². The number of aromatic nitrogens is 2. The Kier molecular flexibility index (Phi) is 6.15. The highest BCUT2D eigenvalue weighted by Crippen LogP contribution is 2.21. The van der Waals surface area contributed by atoms with E-state index < -0.39 is 0 Å². The molecule has 19 heavy (non-hydrogen) atoms. The number of halogens is 2. The number of hydrogen-bond donors (Lipinski definition) is 2. The van der Waals surface area contributed by atoms with Gasteiger partial charge in [-0.3, -0.25) is 5.10 Å². The van der Waals surface area contributed by atoms with Crippen LogP contribution in [-0.2, 0) is 0 Å². The molecular weight excluding hydrogens is 283 g/mol. The Bertz CT molecular complexity index is 464. The molecule has 1 aromatic heterocycles. The van der Waals surface area contributed by atoms with Crippen LogP contribution in [0.15, 0.2) is 36.5 Å². The summed E-state index contributed by atoms with van der Waals surface area (Å²) in [5, 5.41) is 10.3. The smallest absolute Gasteiger partial charge is 0.0650 e. The van der Waals surface area contributed by atoms with Crippen molar-refractivity contribution >= 4 is 30.5 Å². The first-order chi connectivity index (χ1) is 8.43. The molecule has 0 atom stereocenters. The van der Waals surface area contributed by atoms with Gasteiger partial charge in [0, 0.05) is 38.1 Å². The molecule has 0 radical (unpaired) electrons. The van der Waals surface area contributed by atoms with E-state index in [4.69, 9.17) is 0 Å².